The van der Waals surface area contributed by atoms with Gasteiger partial charge in [-0.1, -0.05) is 13.3 Å². The highest BCUT2D eigenvalue weighted by atomic mass is 79.9. The predicted molar refractivity (Wildman–Crippen MR) is 98.5 cm³/mol. The van der Waals surface area contributed by atoms with Gasteiger partial charge in [0.15, 0.2) is 0 Å². The maximum absolute atomic E-state index is 12.5. The molecule has 2 aromatic heterocycles. The monoisotopic (exact) mass is 389 g/mol. The highest BCUT2D eigenvalue weighted by molar-refractivity contribution is 9.10. The molecule has 1 amide bonds. The average Bonchev–Trinajstić information content (AvgIpc) is 3.05. The van der Waals surface area contributed by atoms with Crippen molar-refractivity contribution in [1.29, 1.82) is 0 Å². The maximum Gasteiger partial charge on any atom is 0.260 e. The molecule has 0 unspecified atom stereocenters. The van der Waals surface area contributed by atoms with Crippen LogP contribution in [-0.2, 0) is 6.42 Å². The van der Waals surface area contributed by atoms with E-state index in [2.05, 4.69) is 38.1 Å². The third-order valence-electron chi connectivity index (χ3n) is 3.97. The lowest BCUT2D eigenvalue weighted by molar-refractivity contribution is 0.102. The number of rotatable bonds is 5. The number of fused-ring (bicyclic) bond motifs is 1. The molecule has 0 bridgehead atoms. The van der Waals surface area contributed by atoms with E-state index in [0.717, 1.165) is 41.8 Å². The summed E-state index contributed by atoms with van der Waals surface area (Å²) in [5.74, 6) is 2.09. The number of hydrogen-bond donors (Lipinski definition) is 2. The first kappa shape index (κ1) is 16.8. The minimum absolute atomic E-state index is 0.193. The first-order valence-corrected chi connectivity index (χ1v) is 8.84. The van der Waals surface area contributed by atoms with E-state index in [1.807, 2.05) is 25.1 Å². The molecular weight excluding hydrogens is 370 g/mol. The van der Waals surface area contributed by atoms with Gasteiger partial charge in [-0.2, -0.15) is 0 Å². The van der Waals surface area contributed by atoms with Crippen molar-refractivity contribution in [2.24, 2.45) is 0 Å². The van der Waals surface area contributed by atoms with Crippen LogP contribution in [0.25, 0.3) is 11.0 Å². The number of imidazole rings is 1. The molecule has 0 atom stereocenters. The van der Waals surface area contributed by atoms with E-state index in [-0.39, 0.29) is 5.91 Å². The summed E-state index contributed by atoms with van der Waals surface area (Å²) in [5.41, 5.74) is 3.10. The highest BCUT2D eigenvalue weighted by Crippen LogP contribution is 2.28. The van der Waals surface area contributed by atoms with Crippen molar-refractivity contribution in [1.82, 2.24) is 9.97 Å². The van der Waals surface area contributed by atoms with E-state index in [9.17, 15) is 4.79 Å². The second-order valence-electron chi connectivity index (χ2n) is 5.88. The number of aryl methyl sites for hydroxylation is 3. The molecule has 5 nitrogen and oxygen atoms in total. The van der Waals surface area contributed by atoms with Crippen LogP contribution in [0.5, 0.6) is 0 Å². The number of hydrogen-bond acceptors (Lipinski definition) is 3. The molecule has 0 aliphatic rings. The standard InChI is InChI=1S/C18H20BrN3O2/c1-4-5-6-15-21-13-8-7-12(9-14(13)22-15)20-18(23)16-10(2)24-11(3)17(16)19/h7-9H,4-6H2,1-3H3,(H,20,23)(H,21,22). The van der Waals surface area contributed by atoms with Crippen molar-refractivity contribution in [2.75, 3.05) is 5.32 Å². The SMILES string of the molecule is CCCCc1nc2ccc(NC(=O)c3c(C)oc(C)c3Br)cc2[nH]1. The summed E-state index contributed by atoms with van der Waals surface area (Å²) in [5, 5.41) is 2.92. The Morgan fingerprint density at radius 3 is 2.79 bits per heavy atom. The summed E-state index contributed by atoms with van der Waals surface area (Å²) in [4.78, 5) is 20.4. The van der Waals surface area contributed by atoms with E-state index in [4.69, 9.17) is 4.42 Å². The minimum atomic E-state index is -0.193. The van der Waals surface area contributed by atoms with Gasteiger partial charge in [-0.05, 0) is 54.4 Å². The predicted octanol–water partition coefficient (Wildman–Crippen LogP) is 5.13. The van der Waals surface area contributed by atoms with Gasteiger partial charge in [0.25, 0.3) is 5.91 Å². The summed E-state index contributed by atoms with van der Waals surface area (Å²) in [6.07, 6.45) is 3.18. The normalized spacial score (nSPS) is 11.2. The van der Waals surface area contributed by atoms with Gasteiger partial charge in [0, 0.05) is 12.1 Å². The van der Waals surface area contributed by atoms with Gasteiger partial charge in [-0.15, -0.1) is 0 Å². The van der Waals surface area contributed by atoms with Crippen LogP contribution < -0.4 is 5.32 Å². The first-order chi connectivity index (χ1) is 11.5. The summed E-state index contributed by atoms with van der Waals surface area (Å²) >= 11 is 3.41. The van der Waals surface area contributed by atoms with Gasteiger partial charge in [0.2, 0.25) is 0 Å². The molecular formula is C18H20BrN3O2. The third-order valence-corrected chi connectivity index (χ3v) is 4.92. The van der Waals surface area contributed by atoms with Gasteiger partial charge < -0.3 is 14.7 Å². The molecule has 3 aromatic rings. The van der Waals surface area contributed by atoms with E-state index in [0.29, 0.717) is 21.6 Å². The van der Waals surface area contributed by atoms with Crippen LogP contribution in [0.4, 0.5) is 5.69 Å². The minimum Gasteiger partial charge on any atom is -0.465 e. The van der Waals surface area contributed by atoms with Crippen molar-refractivity contribution in [2.45, 2.75) is 40.0 Å². The van der Waals surface area contributed by atoms with Crippen molar-refractivity contribution < 1.29 is 9.21 Å². The maximum atomic E-state index is 12.5. The summed E-state index contributed by atoms with van der Waals surface area (Å²) in [7, 11) is 0. The lowest BCUT2D eigenvalue weighted by Crippen LogP contribution is -2.12. The molecule has 0 aliphatic heterocycles. The van der Waals surface area contributed by atoms with Crippen LogP contribution in [0.3, 0.4) is 0 Å². The zero-order valence-electron chi connectivity index (χ0n) is 14.0. The summed E-state index contributed by atoms with van der Waals surface area (Å²) in [6.45, 7) is 5.76. The largest absolute Gasteiger partial charge is 0.465 e. The zero-order chi connectivity index (χ0) is 17.3. The Labute approximate surface area is 149 Å². The lowest BCUT2D eigenvalue weighted by atomic mass is 10.2. The number of halogens is 1. The quantitative estimate of drug-likeness (QED) is 0.635. The molecule has 6 heteroatoms. The molecule has 0 saturated carbocycles. The number of amides is 1. The number of aromatic amines is 1. The number of H-pyrrole nitrogens is 1. The Morgan fingerprint density at radius 1 is 1.33 bits per heavy atom. The fourth-order valence-corrected chi connectivity index (χ4v) is 3.25. The van der Waals surface area contributed by atoms with Crippen LogP contribution in [0, 0.1) is 13.8 Å². The van der Waals surface area contributed by atoms with Crippen molar-refractivity contribution in [3.63, 3.8) is 0 Å². The molecule has 3 rings (SSSR count). The molecule has 2 N–H and O–H groups in total. The van der Waals surface area contributed by atoms with E-state index in [1.54, 1.807) is 6.92 Å². The van der Waals surface area contributed by atoms with Gasteiger partial charge >= 0.3 is 0 Å². The molecule has 24 heavy (non-hydrogen) atoms. The Hall–Kier alpha value is -2.08. The number of furan rings is 1. The van der Waals surface area contributed by atoms with Gasteiger partial charge in [-0.25, -0.2) is 4.98 Å². The number of nitrogens with zero attached hydrogens (tertiary/aromatic N) is 1. The molecule has 0 fully saturated rings. The number of carbonyl (C=O) groups is 1. The smallest absolute Gasteiger partial charge is 0.260 e. The second kappa shape index (κ2) is 6.81. The van der Waals surface area contributed by atoms with Crippen LogP contribution in [0.1, 0.15) is 47.5 Å². The van der Waals surface area contributed by atoms with E-state index >= 15 is 0 Å². The molecule has 0 saturated heterocycles. The fourth-order valence-electron chi connectivity index (χ4n) is 2.71. The number of nitrogens with one attached hydrogen (secondary N) is 2. The van der Waals surface area contributed by atoms with Crippen LogP contribution in [0.2, 0.25) is 0 Å². The topological polar surface area (TPSA) is 70.9 Å². The lowest BCUT2D eigenvalue weighted by Gasteiger charge is -2.05. The number of aromatic nitrogens is 2. The Balaban J connectivity index is 1.83. The van der Waals surface area contributed by atoms with Gasteiger partial charge in [-0.3, -0.25) is 4.79 Å². The number of benzene rings is 1. The molecule has 126 valence electrons. The van der Waals surface area contributed by atoms with Gasteiger partial charge in [0.1, 0.15) is 17.3 Å². The van der Waals surface area contributed by atoms with Gasteiger partial charge in [0.05, 0.1) is 21.1 Å². The molecule has 0 spiro atoms. The fraction of sp³-hybridized carbons (Fsp3) is 0.333. The molecule has 2 heterocycles. The van der Waals surface area contributed by atoms with Crippen LogP contribution in [-0.4, -0.2) is 15.9 Å². The summed E-state index contributed by atoms with van der Waals surface area (Å²) in [6, 6.07) is 5.69. The number of carbonyl (C=O) groups excluding carboxylic acids is 1. The Bertz CT molecular complexity index is 895. The van der Waals surface area contributed by atoms with E-state index in [1.165, 1.54) is 0 Å². The molecule has 1 aromatic carbocycles. The Kier molecular flexibility index (Phi) is 4.76. The third kappa shape index (κ3) is 3.24. The summed E-state index contributed by atoms with van der Waals surface area (Å²) < 4.78 is 6.19. The van der Waals surface area contributed by atoms with E-state index < -0.39 is 0 Å². The first-order valence-electron chi connectivity index (χ1n) is 8.05. The second-order valence-corrected chi connectivity index (χ2v) is 6.67. The highest BCUT2D eigenvalue weighted by Gasteiger charge is 2.20. The number of unbranched alkanes of at least 4 members (excludes halogenated alkanes) is 1. The number of anilines is 1. The zero-order valence-corrected chi connectivity index (χ0v) is 15.6. The molecule has 0 radical (unpaired) electrons. The van der Waals surface area contributed by atoms with Crippen molar-refractivity contribution >= 4 is 38.6 Å². The van der Waals surface area contributed by atoms with Crippen LogP contribution >= 0.6 is 15.9 Å². The Morgan fingerprint density at radius 2 is 2.12 bits per heavy atom. The molecule has 0 aliphatic carbocycles. The average molecular weight is 390 g/mol. The van der Waals surface area contributed by atoms with Crippen molar-refractivity contribution in [3.05, 3.63) is 45.6 Å². The van der Waals surface area contributed by atoms with Crippen molar-refractivity contribution in [3.8, 4) is 0 Å². The van der Waals surface area contributed by atoms with Crippen LogP contribution in [0.15, 0.2) is 27.1 Å².